The van der Waals surface area contributed by atoms with Gasteiger partial charge in [-0.1, -0.05) is 0 Å². The Balaban J connectivity index is 4.22. The lowest BCUT2D eigenvalue weighted by molar-refractivity contribution is 0.595. The third-order valence-electron chi connectivity index (χ3n) is 1.34. The van der Waals surface area contributed by atoms with E-state index < -0.39 is 9.84 Å². The van der Waals surface area contributed by atoms with Gasteiger partial charge in [-0.05, 0) is 20.8 Å². The van der Waals surface area contributed by atoms with E-state index in [4.69, 9.17) is 5.73 Å². The van der Waals surface area contributed by atoms with Crippen LogP contribution in [0.5, 0.6) is 0 Å². The summed E-state index contributed by atoms with van der Waals surface area (Å²) in [4.78, 5) is 4.01. The Labute approximate surface area is 85.7 Å². The number of nitrogens with zero attached hydrogens (tertiary/aromatic N) is 1. The van der Waals surface area contributed by atoms with Crippen LogP contribution in [0.25, 0.3) is 0 Å². The number of hydrogen-bond donors (Lipinski definition) is 2. The topological polar surface area (TPSA) is 84.5 Å². The van der Waals surface area contributed by atoms with Gasteiger partial charge < -0.3 is 11.1 Å². The van der Waals surface area contributed by atoms with Crippen molar-refractivity contribution in [1.82, 2.24) is 5.32 Å². The second-order valence-electron chi connectivity index (χ2n) is 3.75. The van der Waals surface area contributed by atoms with Crippen molar-refractivity contribution in [2.24, 2.45) is 10.7 Å². The van der Waals surface area contributed by atoms with Crippen LogP contribution in [-0.4, -0.2) is 38.5 Å². The first-order valence-corrected chi connectivity index (χ1v) is 6.54. The van der Waals surface area contributed by atoms with Crippen LogP contribution in [0.1, 0.15) is 20.8 Å². The van der Waals surface area contributed by atoms with Crippen molar-refractivity contribution in [3.05, 3.63) is 0 Å². The first kappa shape index (κ1) is 13.2. The fourth-order valence-corrected chi connectivity index (χ4v) is 2.00. The fourth-order valence-electron chi connectivity index (χ4n) is 1.05. The minimum absolute atomic E-state index is 0.0213. The molecule has 1 atom stereocenters. The Kier molecular flexibility index (Phi) is 4.90. The zero-order chi connectivity index (χ0) is 11.4. The number of hydrogen-bond acceptors (Lipinski definition) is 3. The summed E-state index contributed by atoms with van der Waals surface area (Å²) in [6.07, 6.45) is 1.19. The number of aliphatic imine (C=N–C) groups is 1. The number of nitrogens with one attached hydrogen (secondary N) is 1. The highest BCUT2D eigenvalue weighted by atomic mass is 32.2. The summed E-state index contributed by atoms with van der Waals surface area (Å²) in [6.45, 7) is 5.59. The standard InChI is InChI=1S/C8H19N3O2S/c1-6(2)10-8(9)11-7(3)5-14(4,12)13/h6-7H,5H2,1-4H3,(H3,9,10,11). The van der Waals surface area contributed by atoms with E-state index in [0.29, 0.717) is 0 Å². The molecule has 0 fully saturated rings. The zero-order valence-electron chi connectivity index (χ0n) is 9.11. The van der Waals surface area contributed by atoms with Gasteiger partial charge in [-0.3, -0.25) is 0 Å². The molecule has 1 unspecified atom stereocenters. The molecule has 0 heterocycles. The first-order chi connectivity index (χ1) is 6.20. The second kappa shape index (κ2) is 5.19. The monoisotopic (exact) mass is 221 g/mol. The predicted octanol–water partition coefficient (Wildman–Crippen LogP) is -0.268. The molecule has 0 saturated carbocycles. The van der Waals surface area contributed by atoms with Crippen molar-refractivity contribution in [2.45, 2.75) is 32.9 Å². The molecule has 0 aliphatic carbocycles. The van der Waals surface area contributed by atoms with Gasteiger partial charge >= 0.3 is 0 Å². The summed E-state index contributed by atoms with van der Waals surface area (Å²) in [5.41, 5.74) is 5.54. The molecule has 3 N–H and O–H groups in total. The Hall–Kier alpha value is -0.780. The van der Waals surface area contributed by atoms with E-state index in [1.165, 1.54) is 6.26 Å². The van der Waals surface area contributed by atoms with E-state index in [1.807, 2.05) is 13.8 Å². The molecule has 84 valence electrons. The number of rotatable bonds is 4. The zero-order valence-corrected chi connectivity index (χ0v) is 9.93. The smallest absolute Gasteiger partial charge is 0.189 e. The van der Waals surface area contributed by atoms with Crippen molar-refractivity contribution in [3.63, 3.8) is 0 Å². The van der Waals surface area contributed by atoms with E-state index in [1.54, 1.807) is 6.92 Å². The third kappa shape index (κ3) is 7.85. The Morgan fingerprint density at radius 3 is 2.29 bits per heavy atom. The quantitative estimate of drug-likeness (QED) is 0.505. The maximum atomic E-state index is 10.9. The van der Waals surface area contributed by atoms with Crippen LogP contribution in [0.2, 0.25) is 0 Å². The van der Waals surface area contributed by atoms with E-state index in [9.17, 15) is 8.42 Å². The highest BCUT2D eigenvalue weighted by Gasteiger charge is 2.09. The van der Waals surface area contributed by atoms with Crippen LogP contribution in [-0.2, 0) is 9.84 Å². The largest absolute Gasteiger partial charge is 0.370 e. The van der Waals surface area contributed by atoms with Gasteiger partial charge in [0.05, 0.1) is 11.8 Å². The van der Waals surface area contributed by atoms with Crippen LogP contribution < -0.4 is 11.1 Å². The van der Waals surface area contributed by atoms with Crippen LogP contribution in [0.4, 0.5) is 0 Å². The average Bonchev–Trinajstić information content (AvgIpc) is 1.77. The summed E-state index contributed by atoms with van der Waals surface area (Å²) in [6, 6.07) is -0.111. The average molecular weight is 221 g/mol. The summed E-state index contributed by atoms with van der Waals surface area (Å²) in [5, 5.41) is 2.89. The van der Waals surface area contributed by atoms with Crippen molar-refractivity contribution in [1.29, 1.82) is 0 Å². The van der Waals surface area contributed by atoms with E-state index >= 15 is 0 Å². The molecule has 0 aromatic heterocycles. The molecule has 0 spiro atoms. The van der Waals surface area contributed by atoms with Gasteiger partial charge in [-0.2, -0.15) is 0 Å². The van der Waals surface area contributed by atoms with Gasteiger partial charge in [0.15, 0.2) is 5.96 Å². The molecule has 0 radical (unpaired) electrons. The molecular weight excluding hydrogens is 202 g/mol. The van der Waals surface area contributed by atoms with Crippen molar-refractivity contribution in [3.8, 4) is 0 Å². The van der Waals surface area contributed by atoms with E-state index in [2.05, 4.69) is 10.3 Å². The normalized spacial score (nSPS) is 15.6. The first-order valence-electron chi connectivity index (χ1n) is 4.48. The molecule has 0 aliphatic heterocycles. The van der Waals surface area contributed by atoms with Gasteiger partial charge in [-0.15, -0.1) is 0 Å². The molecule has 0 aliphatic rings. The highest BCUT2D eigenvalue weighted by Crippen LogP contribution is 1.94. The fraction of sp³-hybridized carbons (Fsp3) is 0.875. The van der Waals surface area contributed by atoms with Gasteiger partial charge in [0.1, 0.15) is 9.84 Å². The minimum atomic E-state index is -2.99. The minimum Gasteiger partial charge on any atom is -0.370 e. The molecule has 6 heteroatoms. The predicted molar refractivity (Wildman–Crippen MR) is 59.1 cm³/mol. The van der Waals surface area contributed by atoms with Crippen molar-refractivity contribution < 1.29 is 8.42 Å². The lowest BCUT2D eigenvalue weighted by Crippen LogP contribution is -2.38. The van der Waals surface area contributed by atoms with Gasteiger partial charge in [0.2, 0.25) is 0 Å². The molecular formula is C8H19N3O2S. The van der Waals surface area contributed by atoms with Gasteiger partial charge in [-0.25, -0.2) is 13.4 Å². The lowest BCUT2D eigenvalue weighted by Gasteiger charge is -2.11. The molecule has 0 bridgehead atoms. The molecule has 0 saturated heterocycles. The number of guanidine groups is 1. The molecule has 0 aromatic carbocycles. The van der Waals surface area contributed by atoms with Crippen LogP contribution in [0.3, 0.4) is 0 Å². The highest BCUT2D eigenvalue weighted by molar-refractivity contribution is 7.90. The van der Waals surface area contributed by atoms with Crippen LogP contribution in [0, 0.1) is 0 Å². The summed E-state index contributed by atoms with van der Waals surface area (Å²) in [5.74, 6) is 0.309. The van der Waals surface area contributed by atoms with Gasteiger partial charge in [0.25, 0.3) is 0 Å². The third-order valence-corrected chi connectivity index (χ3v) is 2.43. The molecule has 5 nitrogen and oxygen atoms in total. The Morgan fingerprint density at radius 1 is 1.43 bits per heavy atom. The van der Waals surface area contributed by atoms with Crippen molar-refractivity contribution >= 4 is 15.8 Å². The number of sulfone groups is 1. The lowest BCUT2D eigenvalue weighted by atomic mass is 10.4. The number of nitrogens with two attached hydrogens (primary N) is 1. The maximum Gasteiger partial charge on any atom is 0.189 e. The van der Waals surface area contributed by atoms with Crippen LogP contribution in [0.15, 0.2) is 4.99 Å². The second-order valence-corrected chi connectivity index (χ2v) is 5.94. The van der Waals surface area contributed by atoms with E-state index in [-0.39, 0.29) is 23.8 Å². The Morgan fingerprint density at radius 2 is 1.93 bits per heavy atom. The summed E-state index contributed by atoms with van der Waals surface area (Å²) < 4.78 is 21.8. The maximum absolute atomic E-state index is 10.9. The summed E-state index contributed by atoms with van der Waals surface area (Å²) >= 11 is 0. The molecule has 0 rings (SSSR count). The Bertz CT molecular complexity index is 296. The molecule has 0 amide bonds. The molecule has 14 heavy (non-hydrogen) atoms. The van der Waals surface area contributed by atoms with Crippen molar-refractivity contribution in [2.75, 3.05) is 12.0 Å². The molecule has 0 aromatic rings. The van der Waals surface area contributed by atoms with E-state index in [0.717, 1.165) is 0 Å². The van der Waals surface area contributed by atoms with Crippen LogP contribution >= 0.6 is 0 Å². The summed E-state index contributed by atoms with van der Waals surface area (Å²) in [7, 11) is -2.99. The van der Waals surface area contributed by atoms with Gasteiger partial charge in [0, 0.05) is 12.3 Å². The SMILES string of the molecule is CC(CS(C)(=O)=O)N=C(N)NC(C)C.